The Morgan fingerprint density at radius 2 is 1.83 bits per heavy atom. The van der Waals surface area contributed by atoms with Gasteiger partial charge in [-0.05, 0) is 13.3 Å². The predicted molar refractivity (Wildman–Crippen MR) is 73.0 cm³/mol. The topological polar surface area (TPSA) is 66.7 Å². The number of hydrogen-bond acceptors (Lipinski definition) is 4. The molecule has 0 bridgehead atoms. The molecule has 4 nitrogen and oxygen atoms in total. The predicted octanol–water partition coefficient (Wildman–Crippen LogP) is 2.39. The molecule has 1 atom stereocenters. The van der Waals surface area contributed by atoms with Gasteiger partial charge in [-0.1, -0.05) is 48.8 Å². The summed E-state index contributed by atoms with van der Waals surface area (Å²) < 4.78 is 24.0. The SMILES string of the molecule is CC[C@H](/C(=N\O)c1ccc(C)cc1)S(=O)(=O)CC. The maximum absolute atomic E-state index is 12.0. The van der Waals surface area contributed by atoms with Gasteiger partial charge in [-0.15, -0.1) is 0 Å². The first-order valence-corrected chi connectivity index (χ1v) is 7.68. The molecule has 0 aliphatic heterocycles. The zero-order valence-electron chi connectivity index (χ0n) is 10.9. The van der Waals surface area contributed by atoms with E-state index in [9.17, 15) is 8.42 Å². The fourth-order valence-corrected chi connectivity index (χ4v) is 3.28. The number of nitrogens with zero attached hydrogens (tertiary/aromatic N) is 1. The Balaban J connectivity index is 3.21. The lowest BCUT2D eigenvalue weighted by atomic mass is 10.0. The van der Waals surface area contributed by atoms with Crippen LogP contribution >= 0.6 is 0 Å². The minimum atomic E-state index is -3.27. The molecule has 1 aromatic rings. The Morgan fingerprint density at radius 1 is 1.28 bits per heavy atom. The molecule has 0 radical (unpaired) electrons. The third-order valence-electron chi connectivity index (χ3n) is 2.97. The molecular formula is C13H19NO3S. The second-order valence-corrected chi connectivity index (χ2v) is 6.67. The fraction of sp³-hybridized carbons (Fsp3) is 0.462. The average molecular weight is 269 g/mol. The van der Waals surface area contributed by atoms with Crippen molar-refractivity contribution in [2.24, 2.45) is 5.16 Å². The van der Waals surface area contributed by atoms with Crippen molar-refractivity contribution in [2.45, 2.75) is 32.4 Å². The molecule has 0 aromatic heterocycles. The molecule has 0 aliphatic carbocycles. The van der Waals surface area contributed by atoms with E-state index in [1.54, 1.807) is 26.0 Å². The van der Waals surface area contributed by atoms with Crippen LogP contribution in [0.15, 0.2) is 29.4 Å². The summed E-state index contributed by atoms with van der Waals surface area (Å²) in [6, 6.07) is 7.29. The smallest absolute Gasteiger partial charge is 0.158 e. The molecule has 0 saturated carbocycles. The second-order valence-electron chi connectivity index (χ2n) is 4.20. The molecule has 1 rings (SSSR count). The first kappa shape index (κ1) is 14.7. The van der Waals surface area contributed by atoms with Crippen molar-refractivity contribution in [3.05, 3.63) is 35.4 Å². The first-order valence-electron chi connectivity index (χ1n) is 5.96. The van der Waals surface area contributed by atoms with Crippen LogP contribution in [0.4, 0.5) is 0 Å². The van der Waals surface area contributed by atoms with E-state index >= 15 is 0 Å². The summed E-state index contributed by atoms with van der Waals surface area (Å²) in [5, 5.41) is 11.6. The van der Waals surface area contributed by atoms with Gasteiger partial charge in [0.1, 0.15) is 11.0 Å². The highest BCUT2D eigenvalue weighted by Gasteiger charge is 2.28. The van der Waals surface area contributed by atoms with E-state index in [2.05, 4.69) is 5.16 Å². The van der Waals surface area contributed by atoms with Crippen LogP contribution in [0.2, 0.25) is 0 Å². The lowest BCUT2D eigenvalue weighted by molar-refractivity contribution is 0.318. The maximum atomic E-state index is 12.0. The molecule has 0 saturated heterocycles. The Hall–Kier alpha value is -1.36. The van der Waals surface area contributed by atoms with Crippen LogP contribution < -0.4 is 0 Å². The molecular weight excluding hydrogens is 250 g/mol. The second kappa shape index (κ2) is 6.00. The van der Waals surface area contributed by atoms with Crippen molar-refractivity contribution in [3.63, 3.8) is 0 Å². The minimum Gasteiger partial charge on any atom is -0.411 e. The van der Waals surface area contributed by atoms with Crippen molar-refractivity contribution >= 4 is 15.5 Å². The highest BCUT2D eigenvalue weighted by atomic mass is 32.2. The molecule has 100 valence electrons. The Kier molecular flexibility index (Phi) is 4.90. The number of hydrogen-bond donors (Lipinski definition) is 1. The zero-order chi connectivity index (χ0) is 13.8. The van der Waals surface area contributed by atoms with Crippen molar-refractivity contribution in [3.8, 4) is 0 Å². The van der Waals surface area contributed by atoms with Crippen LogP contribution in [0, 0.1) is 6.92 Å². The Morgan fingerprint density at radius 3 is 2.22 bits per heavy atom. The molecule has 1 N–H and O–H groups in total. The molecule has 0 aliphatic rings. The molecule has 0 unspecified atom stereocenters. The van der Waals surface area contributed by atoms with Gasteiger partial charge in [-0.3, -0.25) is 0 Å². The summed E-state index contributed by atoms with van der Waals surface area (Å²) in [5.74, 6) is 0.0381. The standard InChI is InChI=1S/C13H19NO3S/c1-4-12(18(16,17)5-2)13(14-15)11-8-6-10(3)7-9-11/h6-9,12,15H,4-5H2,1-3H3/b14-13-/t12-/m1/s1. The Labute approximate surface area is 108 Å². The third-order valence-corrected chi connectivity index (χ3v) is 5.20. The number of aryl methyl sites for hydroxylation is 1. The van der Waals surface area contributed by atoms with E-state index in [0.717, 1.165) is 5.56 Å². The van der Waals surface area contributed by atoms with Gasteiger partial charge in [0.2, 0.25) is 0 Å². The summed E-state index contributed by atoms with van der Waals surface area (Å²) in [4.78, 5) is 0. The molecule has 0 spiro atoms. The van der Waals surface area contributed by atoms with E-state index in [1.807, 2.05) is 19.1 Å². The zero-order valence-corrected chi connectivity index (χ0v) is 11.7. The fourth-order valence-electron chi connectivity index (χ4n) is 1.85. The third kappa shape index (κ3) is 3.10. The van der Waals surface area contributed by atoms with Crippen molar-refractivity contribution in [1.82, 2.24) is 0 Å². The number of rotatable bonds is 5. The van der Waals surface area contributed by atoms with Crippen molar-refractivity contribution < 1.29 is 13.6 Å². The van der Waals surface area contributed by atoms with Gasteiger partial charge in [0, 0.05) is 11.3 Å². The van der Waals surface area contributed by atoms with E-state index in [-0.39, 0.29) is 11.5 Å². The van der Waals surface area contributed by atoms with Gasteiger partial charge in [-0.2, -0.15) is 0 Å². The van der Waals surface area contributed by atoms with Crippen LogP contribution in [-0.4, -0.2) is 30.3 Å². The van der Waals surface area contributed by atoms with Crippen LogP contribution in [-0.2, 0) is 9.84 Å². The highest BCUT2D eigenvalue weighted by Crippen LogP contribution is 2.16. The summed E-state index contributed by atoms with van der Waals surface area (Å²) in [7, 11) is -3.27. The van der Waals surface area contributed by atoms with Crippen molar-refractivity contribution in [2.75, 3.05) is 5.75 Å². The number of sulfone groups is 1. The molecule has 0 heterocycles. The molecule has 1 aromatic carbocycles. The van der Waals surface area contributed by atoms with Gasteiger partial charge in [-0.25, -0.2) is 8.42 Å². The molecule has 0 fully saturated rings. The largest absolute Gasteiger partial charge is 0.411 e. The monoisotopic (exact) mass is 269 g/mol. The van der Waals surface area contributed by atoms with Crippen LogP contribution in [0.1, 0.15) is 31.4 Å². The van der Waals surface area contributed by atoms with E-state index < -0.39 is 15.1 Å². The lowest BCUT2D eigenvalue weighted by Gasteiger charge is -2.16. The molecule has 0 amide bonds. The lowest BCUT2D eigenvalue weighted by Crippen LogP contribution is -2.31. The van der Waals surface area contributed by atoms with Gasteiger partial charge in [0.15, 0.2) is 9.84 Å². The Bertz CT molecular complexity index is 518. The number of oxime groups is 1. The first-order chi connectivity index (χ1) is 8.46. The van der Waals surface area contributed by atoms with Gasteiger partial charge in [0.25, 0.3) is 0 Å². The molecule has 18 heavy (non-hydrogen) atoms. The quantitative estimate of drug-likeness (QED) is 0.507. The minimum absolute atomic E-state index is 0.0381. The summed E-state index contributed by atoms with van der Waals surface area (Å²) in [5.41, 5.74) is 1.94. The molecule has 5 heteroatoms. The summed E-state index contributed by atoms with van der Waals surface area (Å²) in [6.45, 7) is 5.32. The van der Waals surface area contributed by atoms with Crippen LogP contribution in [0.3, 0.4) is 0 Å². The van der Waals surface area contributed by atoms with E-state index in [0.29, 0.717) is 12.0 Å². The van der Waals surface area contributed by atoms with Gasteiger partial charge in [0.05, 0.1) is 0 Å². The normalized spacial score (nSPS) is 14.5. The van der Waals surface area contributed by atoms with Crippen molar-refractivity contribution in [1.29, 1.82) is 0 Å². The van der Waals surface area contributed by atoms with Crippen LogP contribution in [0.25, 0.3) is 0 Å². The maximum Gasteiger partial charge on any atom is 0.158 e. The van der Waals surface area contributed by atoms with Gasteiger partial charge < -0.3 is 5.21 Å². The number of benzene rings is 1. The highest BCUT2D eigenvalue weighted by molar-refractivity contribution is 7.92. The van der Waals surface area contributed by atoms with Crippen LogP contribution in [0.5, 0.6) is 0 Å². The van der Waals surface area contributed by atoms with E-state index in [4.69, 9.17) is 5.21 Å². The van der Waals surface area contributed by atoms with Gasteiger partial charge >= 0.3 is 0 Å². The van der Waals surface area contributed by atoms with E-state index in [1.165, 1.54) is 0 Å². The summed E-state index contributed by atoms with van der Waals surface area (Å²) >= 11 is 0. The summed E-state index contributed by atoms with van der Waals surface area (Å²) in [6.07, 6.45) is 0.392. The average Bonchev–Trinajstić information content (AvgIpc) is 2.36.